The average molecular weight is 217 g/mol. The normalized spacial score (nSPS) is 27.7. The maximum absolute atomic E-state index is 11.6. The predicted molar refractivity (Wildman–Crippen MR) is 54.3 cm³/mol. The Balaban J connectivity index is 2.28. The Labute approximate surface area is 89.9 Å². The summed E-state index contributed by atoms with van der Waals surface area (Å²) in [4.78, 5) is 11.6. The molecule has 0 saturated carbocycles. The second-order valence-electron chi connectivity index (χ2n) is 3.71. The van der Waals surface area contributed by atoms with Crippen LogP contribution in [0.1, 0.15) is 13.8 Å². The smallest absolute Gasteiger partial charge is 0.313 e. The van der Waals surface area contributed by atoms with Crippen molar-refractivity contribution in [3.05, 3.63) is 0 Å². The summed E-state index contributed by atoms with van der Waals surface area (Å²) < 4.78 is 15.4. The van der Waals surface area contributed by atoms with Crippen LogP contribution >= 0.6 is 0 Å². The maximum Gasteiger partial charge on any atom is 0.313 e. The summed E-state index contributed by atoms with van der Waals surface area (Å²) in [5.74, 6) is -0.610. The van der Waals surface area contributed by atoms with Gasteiger partial charge >= 0.3 is 5.97 Å². The fraction of sp³-hybridized carbons (Fsp3) is 0.900. The summed E-state index contributed by atoms with van der Waals surface area (Å²) in [6.07, 6.45) is -0.231. The summed E-state index contributed by atoms with van der Waals surface area (Å²) in [6, 6.07) is -0.239. The first kappa shape index (κ1) is 12.4. The van der Waals surface area contributed by atoms with Gasteiger partial charge in [0.15, 0.2) is 0 Å². The number of ether oxygens (including phenoxy) is 3. The Kier molecular flexibility index (Phi) is 5.01. The highest BCUT2D eigenvalue weighted by atomic mass is 16.6. The van der Waals surface area contributed by atoms with Crippen LogP contribution < -0.4 is 5.73 Å². The van der Waals surface area contributed by atoms with Crippen molar-refractivity contribution in [2.45, 2.75) is 26.0 Å². The third-order valence-electron chi connectivity index (χ3n) is 2.30. The first-order valence-corrected chi connectivity index (χ1v) is 5.26. The van der Waals surface area contributed by atoms with Crippen molar-refractivity contribution in [2.75, 3.05) is 26.4 Å². The second-order valence-corrected chi connectivity index (χ2v) is 3.71. The van der Waals surface area contributed by atoms with Gasteiger partial charge in [0.2, 0.25) is 0 Å². The Morgan fingerprint density at radius 1 is 1.60 bits per heavy atom. The Morgan fingerprint density at radius 2 is 2.33 bits per heavy atom. The van der Waals surface area contributed by atoms with Crippen LogP contribution in [0.15, 0.2) is 0 Å². The van der Waals surface area contributed by atoms with Crippen molar-refractivity contribution in [2.24, 2.45) is 11.7 Å². The predicted octanol–water partition coefficient (Wildman–Crippen LogP) is -0.0717. The lowest BCUT2D eigenvalue weighted by Gasteiger charge is -2.17. The van der Waals surface area contributed by atoms with Gasteiger partial charge in [-0.15, -0.1) is 0 Å². The lowest BCUT2D eigenvalue weighted by Crippen LogP contribution is -2.37. The van der Waals surface area contributed by atoms with Crippen LogP contribution in [-0.2, 0) is 19.0 Å². The molecular weight excluding hydrogens is 198 g/mol. The molecule has 1 aliphatic rings. The fourth-order valence-electron chi connectivity index (χ4n) is 1.42. The van der Waals surface area contributed by atoms with Gasteiger partial charge in [-0.1, -0.05) is 0 Å². The summed E-state index contributed by atoms with van der Waals surface area (Å²) in [7, 11) is 0. The van der Waals surface area contributed by atoms with E-state index in [2.05, 4.69) is 0 Å². The van der Waals surface area contributed by atoms with Gasteiger partial charge in [-0.05, 0) is 13.8 Å². The zero-order chi connectivity index (χ0) is 11.3. The Bertz CT molecular complexity index is 210. The van der Waals surface area contributed by atoms with E-state index in [9.17, 15) is 4.79 Å². The molecule has 1 heterocycles. The molecule has 5 nitrogen and oxygen atoms in total. The van der Waals surface area contributed by atoms with Gasteiger partial charge in [-0.2, -0.15) is 0 Å². The number of rotatable bonds is 5. The van der Waals surface area contributed by atoms with Crippen LogP contribution in [0.3, 0.4) is 0 Å². The van der Waals surface area contributed by atoms with E-state index in [1.807, 2.05) is 6.92 Å². The molecule has 0 aromatic carbocycles. The van der Waals surface area contributed by atoms with Crippen molar-refractivity contribution in [1.82, 2.24) is 0 Å². The summed E-state index contributed by atoms with van der Waals surface area (Å²) in [5.41, 5.74) is 5.70. The number of hydrogen-bond donors (Lipinski definition) is 1. The fourth-order valence-corrected chi connectivity index (χ4v) is 1.42. The highest BCUT2D eigenvalue weighted by Crippen LogP contribution is 2.14. The maximum atomic E-state index is 11.6. The standard InChI is InChI=1S/C10H19NO4/c1-3-13-4-7(2)15-10(12)8-5-14-6-9(8)11/h7-9H,3-6,11H2,1-2H3. The molecule has 15 heavy (non-hydrogen) atoms. The molecule has 1 saturated heterocycles. The molecule has 2 N–H and O–H groups in total. The third kappa shape index (κ3) is 3.77. The molecule has 0 aromatic rings. The van der Waals surface area contributed by atoms with Crippen LogP contribution in [0, 0.1) is 5.92 Å². The molecule has 5 heteroatoms. The number of hydrogen-bond acceptors (Lipinski definition) is 5. The van der Waals surface area contributed by atoms with Gasteiger partial charge in [0.05, 0.1) is 25.7 Å². The molecule has 3 atom stereocenters. The Hall–Kier alpha value is -0.650. The van der Waals surface area contributed by atoms with E-state index in [0.29, 0.717) is 26.4 Å². The molecule has 0 spiro atoms. The van der Waals surface area contributed by atoms with Gasteiger partial charge in [0.1, 0.15) is 6.10 Å². The third-order valence-corrected chi connectivity index (χ3v) is 2.30. The Morgan fingerprint density at radius 3 is 2.87 bits per heavy atom. The van der Waals surface area contributed by atoms with Gasteiger partial charge < -0.3 is 19.9 Å². The molecular formula is C10H19NO4. The van der Waals surface area contributed by atoms with Crippen LogP contribution in [0.25, 0.3) is 0 Å². The molecule has 1 rings (SSSR count). The van der Waals surface area contributed by atoms with E-state index in [4.69, 9.17) is 19.9 Å². The molecule has 1 fully saturated rings. The zero-order valence-electron chi connectivity index (χ0n) is 9.27. The van der Waals surface area contributed by atoms with Crippen LogP contribution in [0.2, 0.25) is 0 Å². The minimum absolute atomic E-state index is 0.231. The first-order valence-electron chi connectivity index (χ1n) is 5.26. The van der Waals surface area contributed by atoms with Crippen molar-refractivity contribution >= 4 is 5.97 Å². The van der Waals surface area contributed by atoms with Gasteiger partial charge in [-0.25, -0.2) is 0 Å². The molecule has 0 amide bonds. The second kappa shape index (κ2) is 6.05. The van der Waals surface area contributed by atoms with Gasteiger partial charge in [-0.3, -0.25) is 4.79 Å². The van der Waals surface area contributed by atoms with Gasteiger partial charge in [0, 0.05) is 12.6 Å². The van der Waals surface area contributed by atoms with Crippen LogP contribution in [0.4, 0.5) is 0 Å². The lowest BCUT2D eigenvalue weighted by atomic mass is 10.1. The van der Waals surface area contributed by atoms with Crippen molar-refractivity contribution in [3.8, 4) is 0 Å². The summed E-state index contributed by atoms with van der Waals surface area (Å²) >= 11 is 0. The van der Waals surface area contributed by atoms with Crippen molar-refractivity contribution < 1.29 is 19.0 Å². The summed E-state index contributed by atoms with van der Waals surface area (Å²) in [6.45, 7) is 5.53. The number of nitrogens with two attached hydrogens (primary N) is 1. The van der Waals surface area contributed by atoms with E-state index in [1.54, 1.807) is 6.92 Å². The number of carbonyl (C=O) groups is 1. The van der Waals surface area contributed by atoms with E-state index < -0.39 is 0 Å². The summed E-state index contributed by atoms with van der Waals surface area (Å²) in [5, 5.41) is 0. The quantitative estimate of drug-likeness (QED) is 0.653. The van der Waals surface area contributed by atoms with E-state index >= 15 is 0 Å². The zero-order valence-corrected chi connectivity index (χ0v) is 9.27. The van der Waals surface area contributed by atoms with E-state index in [-0.39, 0.29) is 24.0 Å². The molecule has 0 aromatic heterocycles. The molecule has 0 bridgehead atoms. The van der Waals surface area contributed by atoms with E-state index in [0.717, 1.165) is 0 Å². The van der Waals surface area contributed by atoms with Crippen LogP contribution in [-0.4, -0.2) is 44.5 Å². The van der Waals surface area contributed by atoms with E-state index in [1.165, 1.54) is 0 Å². The van der Waals surface area contributed by atoms with Crippen molar-refractivity contribution in [3.63, 3.8) is 0 Å². The monoisotopic (exact) mass is 217 g/mol. The SMILES string of the molecule is CCOCC(C)OC(=O)C1COCC1N. The molecule has 0 aliphatic carbocycles. The average Bonchev–Trinajstić information content (AvgIpc) is 2.61. The molecule has 1 aliphatic heterocycles. The minimum Gasteiger partial charge on any atom is -0.460 e. The van der Waals surface area contributed by atoms with Crippen molar-refractivity contribution in [1.29, 1.82) is 0 Å². The molecule has 3 unspecified atom stereocenters. The number of carbonyl (C=O) groups excluding carboxylic acids is 1. The molecule has 0 radical (unpaired) electrons. The first-order chi connectivity index (χ1) is 7.15. The largest absolute Gasteiger partial charge is 0.460 e. The highest BCUT2D eigenvalue weighted by molar-refractivity contribution is 5.74. The topological polar surface area (TPSA) is 70.8 Å². The minimum atomic E-state index is -0.325. The van der Waals surface area contributed by atoms with Gasteiger partial charge in [0.25, 0.3) is 0 Å². The van der Waals surface area contributed by atoms with Crippen LogP contribution in [0.5, 0.6) is 0 Å². The lowest BCUT2D eigenvalue weighted by molar-refractivity contribution is -0.156. The number of esters is 1. The highest BCUT2D eigenvalue weighted by Gasteiger charge is 2.33. The molecule has 88 valence electrons.